The highest BCUT2D eigenvalue weighted by molar-refractivity contribution is 6.30. The van der Waals surface area contributed by atoms with E-state index in [1.54, 1.807) is 24.3 Å². The molecule has 1 heterocycles. The minimum Gasteiger partial charge on any atom is -0.273 e. The molecule has 1 aliphatic heterocycles. The topological polar surface area (TPSA) is 75.8 Å². The van der Waals surface area contributed by atoms with Crippen molar-refractivity contribution in [3.05, 3.63) is 74.8 Å². The van der Waals surface area contributed by atoms with E-state index in [0.717, 1.165) is 16.8 Å². The van der Waals surface area contributed by atoms with Crippen molar-refractivity contribution in [1.29, 1.82) is 0 Å². The zero-order chi connectivity index (χ0) is 17.3. The first kappa shape index (κ1) is 16.1. The second kappa shape index (κ2) is 6.41. The van der Waals surface area contributed by atoms with Crippen molar-refractivity contribution < 1.29 is 9.72 Å². The molecule has 3 rings (SSSR count). The van der Waals surface area contributed by atoms with E-state index in [2.05, 4.69) is 5.10 Å². The number of amides is 1. The Bertz CT molecular complexity index is 816. The number of nitro groups is 1. The molecule has 2 aromatic carbocycles. The van der Waals surface area contributed by atoms with Crippen LogP contribution in [0.15, 0.2) is 53.6 Å². The Balaban J connectivity index is 1.90. The van der Waals surface area contributed by atoms with E-state index in [9.17, 15) is 14.9 Å². The van der Waals surface area contributed by atoms with Gasteiger partial charge in [0.15, 0.2) is 0 Å². The molecule has 2 aromatic rings. The molecule has 0 aromatic heterocycles. The van der Waals surface area contributed by atoms with Gasteiger partial charge in [0.25, 0.3) is 5.69 Å². The number of nitro benzene ring substituents is 1. The summed E-state index contributed by atoms with van der Waals surface area (Å²) < 4.78 is 0. The van der Waals surface area contributed by atoms with Gasteiger partial charge in [-0.3, -0.25) is 14.9 Å². The van der Waals surface area contributed by atoms with Crippen molar-refractivity contribution in [3.63, 3.8) is 0 Å². The molecule has 0 saturated carbocycles. The molecule has 6 nitrogen and oxygen atoms in total. The number of hydrogen-bond acceptors (Lipinski definition) is 4. The molecule has 1 atom stereocenters. The van der Waals surface area contributed by atoms with Gasteiger partial charge in [-0.05, 0) is 23.3 Å². The van der Waals surface area contributed by atoms with Crippen LogP contribution in [0.2, 0.25) is 5.02 Å². The summed E-state index contributed by atoms with van der Waals surface area (Å²) in [6, 6.07) is 13.2. The van der Waals surface area contributed by atoms with Gasteiger partial charge in [-0.1, -0.05) is 35.9 Å². The van der Waals surface area contributed by atoms with Gasteiger partial charge in [-0.25, -0.2) is 5.01 Å². The predicted octanol–water partition coefficient (Wildman–Crippen LogP) is 3.95. The Morgan fingerprint density at radius 3 is 2.38 bits per heavy atom. The van der Waals surface area contributed by atoms with Crippen LogP contribution in [-0.2, 0) is 4.79 Å². The number of hydrogen-bond donors (Lipinski definition) is 0. The van der Waals surface area contributed by atoms with Crippen molar-refractivity contribution in [3.8, 4) is 0 Å². The van der Waals surface area contributed by atoms with Crippen LogP contribution >= 0.6 is 11.6 Å². The first-order valence-corrected chi connectivity index (χ1v) is 7.71. The van der Waals surface area contributed by atoms with Gasteiger partial charge < -0.3 is 0 Å². The van der Waals surface area contributed by atoms with Crippen molar-refractivity contribution in [2.45, 2.75) is 19.4 Å². The third-order valence-electron chi connectivity index (χ3n) is 3.90. The minimum atomic E-state index is -0.448. The second-order valence-electron chi connectivity index (χ2n) is 5.49. The van der Waals surface area contributed by atoms with Crippen molar-refractivity contribution in [2.75, 3.05) is 0 Å². The predicted molar refractivity (Wildman–Crippen MR) is 91.0 cm³/mol. The van der Waals surface area contributed by atoms with Gasteiger partial charge in [0.1, 0.15) is 0 Å². The summed E-state index contributed by atoms with van der Waals surface area (Å²) >= 11 is 5.90. The highest BCUT2D eigenvalue weighted by Crippen LogP contribution is 2.33. The molecule has 0 saturated heterocycles. The minimum absolute atomic E-state index is 0.0185. The van der Waals surface area contributed by atoms with Gasteiger partial charge in [0, 0.05) is 30.5 Å². The van der Waals surface area contributed by atoms with E-state index in [1.807, 2.05) is 12.1 Å². The van der Waals surface area contributed by atoms with Crippen LogP contribution in [0.3, 0.4) is 0 Å². The lowest BCUT2D eigenvalue weighted by Gasteiger charge is -2.20. The maximum Gasteiger partial charge on any atom is 0.269 e. The van der Waals surface area contributed by atoms with Crippen LogP contribution < -0.4 is 0 Å². The third-order valence-corrected chi connectivity index (χ3v) is 4.15. The molecule has 24 heavy (non-hydrogen) atoms. The highest BCUT2D eigenvalue weighted by atomic mass is 35.5. The summed E-state index contributed by atoms with van der Waals surface area (Å²) in [5.74, 6) is -0.178. The van der Waals surface area contributed by atoms with Gasteiger partial charge in [0.2, 0.25) is 5.91 Å². The normalized spacial score (nSPS) is 16.8. The Hall–Kier alpha value is -2.73. The molecule has 0 N–H and O–H groups in total. The summed E-state index contributed by atoms with van der Waals surface area (Å²) in [4.78, 5) is 22.3. The van der Waals surface area contributed by atoms with Crippen LogP contribution in [0, 0.1) is 10.1 Å². The number of carbonyl (C=O) groups is 1. The fourth-order valence-corrected chi connectivity index (χ4v) is 2.82. The molecule has 0 radical (unpaired) electrons. The van der Waals surface area contributed by atoms with Crippen LogP contribution in [0.1, 0.15) is 30.5 Å². The zero-order valence-electron chi connectivity index (χ0n) is 12.8. The molecular weight excluding hydrogens is 330 g/mol. The molecule has 0 aliphatic carbocycles. The molecule has 0 bridgehead atoms. The van der Waals surface area contributed by atoms with Crippen molar-refractivity contribution in [1.82, 2.24) is 5.01 Å². The maximum absolute atomic E-state index is 11.9. The van der Waals surface area contributed by atoms with Crippen LogP contribution in [0.5, 0.6) is 0 Å². The van der Waals surface area contributed by atoms with Gasteiger partial charge in [0.05, 0.1) is 16.7 Å². The largest absolute Gasteiger partial charge is 0.273 e. The molecule has 122 valence electrons. The summed E-state index contributed by atoms with van der Waals surface area (Å²) in [6.07, 6.45) is 0.541. The smallest absolute Gasteiger partial charge is 0.269 e. The Morgan fingerprint density at radius 1 is 1.21 bits per heavy atom. The molecule has 0 fully saturated rings. The number of rotatable bonds is 3. The average Bonchev–Trinajstić information content (AvgIpc) is 3.01. The Labute approximate surface area is 143 Å². The number of benzene rings is 2. The van der Waals surface area contributed by atoms with E-state index in [0.29, 0.717) is 11.4 Å². The molecule has 1 unspecified atom stereocenters. The lowest BCUT2D eigenvalue weighted by molar-refractivity contribution is -0.384. The summed E-state index contributed by atoms with van der Waals surface area (Å²) in [5, 5.41) is 17.3. The van der Waals surface area contributed by atoms with E-state index in [4.69, 9.17) is 11.6 Å². The number of hydrazone groups is 1. The number of carbonyl (C=O) groups excluding carboxylic acids is 1. The number of non-ortho nitro benzene ring substituents is 1. The summed E-state index contributed by atoms with van der Waals surface area (Å²) in [7, 11) is 0. The highest BCUT2D eigenvalue weighted by Gasteiger charge is 2.31. The van der Waals surface area contributed by atoms with E-state index in [1.165, 1.54) is 24.1 Å². The lowest BCUT2D eigenvalue weighted by atomic mass is 9.98. The van der Waals surface area contributed by atoms with Crippen LogP contribution in [-0.4, -0.2) is 21.6 Å². The Morgan fingerprint density at radius 2 is 1.83 bits per heavy atom. The second-order valence-corrected chi connectivity index (χ2v) is 5.92. The maximum atomic E-state index is 11.9. The van der Waals surface area contributed by atoms with E-state index < -0.39 is 4.92 Å². The van der Waals surface area contributed by atoms with Gasteiger partial charge >= 0.3 is 0 Å². The first-order valence-electron chi connectivity index (χ1n) is 7.33. The standard InChI is InChI=1S/C17H14ClN3O3/c1-11(22)20-17(13-4-8-15(9-5-13)21(23)24)10-16(19-20)12-2-6-14(18)7-3-12/h2-9,17H,10H2,1H3. The monoisotopic (exact) mass is 343 g/mol. The fourth-order valence-electron chi connectivity index (χ4n) is 2.70. The van der Waals surface area contributed by atoms with Crippen molar-refractivity contribution in [2.24, 2.45) is 5.10 Å². The quantitative estimate of drug-likeness (QED) is 0.625. The molecular formula is C17H14ClN3O3. The molecule has 1 aliphatic rings. The van der Waals surface area contributed by atoms with Crippen molar-refractivity contribution >= 4 is 28.9 Å². The average molecular weight is 344 g/mol. The number of nitrogens with zero attached hydrogens (tertiary/aromatic N) is 3. The van der Waals surface area contributed by atoms with E-state index >= 15 is 0 Å². The Kier molecular flexibility index (Phi) is 4.31. The van der Waals surface area contributed by atoms with E-state index in [-0.39, 0.29) is 17.6 Å². The summed E-state index contributed by atoms with van der Waals surface area (Å²) in [5.41, 5.74) is 2.51. The molecule has 0 spiro atoms. The molecule has 7 heteroatoms. The number of halogens is 1. The lowest BCUT2D eigenvalue weighted by Crippen LogP contribution is -2.24. The van der Waals surface area contributed by atoms with Crippen LogP contribution in [0.25, 0.3) is 0 Å². The van der Waals surface area contributed by atoms with Crippen LogP contribution in [0.4, 0.5) is 5.69 Å². The first-order chi connectivity index (χ1) is 11.5. The van der Waals surface area contributed by atoms with Gasteiger partial charge in [-0.15, -0.1) is 0 Å². The zero-order valence-corrected chi connectivity index (χ0v) is 13.6. The summed E-state index contributed by atoms with van der Waals surface area (Å²) in [6.45, 7) is 1.45. The third kappa shape index (κ3) is 3.14. The SMILES string of the molecule is CC(=O)N1N=C(c2ccc(Cl)cc2)CC1c1ccc([N+](=O)[O-])cc1. The fraction of sp³-hybridized carbons (Fsp3) is 0.176. The molecule has 1 amide bonds. The van der Waals surface area contributed by atoms with Gasteiger partial charge in [-0.2, -0.15) is 5.10 Å².